The van der Waals surface area contributed by atoms with E-state index in [0.29, 0.717) is 6.42 Å². The number of ether oxygens (including phenoxy) is 1. The van der Waals surface area contributed by atoms with Gasteiger partial charge in [-0.2, -0.15) is 5.26 Å². The van der Waals surface area contributed by atoms with E-state index in [4.69, 9.17) is 4.74 Å². The van der Waals surface area contributed by atoms with Crippen LogP contribution in [0.3, 0.4) is 0 Å². The van der Waals surface area contributed by atoms with E-state index in [2.05, 4.69) is 40.7 Å². The van der Waals surface area contributed by atoms with Crippen molar-refractivity contribution < 1.29 is 19.1 Å². The predicted octanol–water partition coefficient (Wildman–Crippen LogP) is 8.86. The second kappa shape index (κ2) is 10.4. The zero-order valence-electron chi connectivity index (χ0n) is 28.4. The van der Waals surface area contributed by atoms with E-state index < -0.39 is 10.8 Å². The molecule has 4 fully saturated rings. The first-order chi connectivity index (χ1) is 20.5. The number of nitrogens with zero attached hydrogens (tertiary/aromatic N) is 1. The average molecular weight is 602 g/mol. The summed E-state index contributed by atoms with van der Waals surface area (Å²) >= 11 is 0. The molecular weight excluding hydrogens is 546 g/mol. The number of rotatable bonds is 4. The van der Waals surface area contributed by atoms with Crippen LogP contribution >= 0.6 is 0 Å². The van der Waals surface area contributed by atoms with Crippen molar-refractivity contribution in [2.45, 2.75) is 144 Å². The molecule has 6 aliphatic carbocycles. The van der Waals surface area contributed by atoms with Crippen molar-refractivity contribution in [2.75, 3.05) is 0 Å². The predicted molar refractivity (Wildman–Crippen MR) is 171 cm³/mol. The molecule has 240 valence electrons. The van der Waals surface area contributed by atoms with E-state index in [1.165, 1.54) is 6.42 Å². The highest BCUT2D eigenvalue weighted by atomic mass is 16.5. The van der Waals surface area contributed by atoms with E-state index in [-0.39, 0.29) is 68.6 Å². The fourth-order valence-corrected chi connectivity index (χ4v) is 12.0. The van der Waals surface area contributed by atoms with Crippen LogP contribution in [0.4, 0.5) is 0 Å². The van der Waals surface area contributed by atoms with Gasteiger partial charge in [0.25, 0.3) is 0 Å². The largest absolute Gasteiger partial charge is 0.462 e. The molecule has 0 saturated heterocycles. The molecule has 44 heavy (non-hydrogen) atoms. The molecule has 0 N–H and O–H groups in total. The van der Waals surface area contributed by atoms with Crippen molar-refractivity contribution in [1.82, 2.24) is 0 Å². The van der Waals surface area contributed by atoms with Gasteiger partial charge >= 0.3 is 5.97 Å². The third-order valence-corrected chi connectivity index (χ3v) is 14.7. The molecule has 0 amide bonds. The van der Waals surface area contributed by atoms with Crippen molar-refractivity contribution >= 4 is 17.5 Å². The van der Waals surface area contributed by atoms with Crippen molar-refractivity contribution in [3.05, 3.63) is 23.3 Å². The molecule has 4 saturated carbocycles. The van der Waals surface area contributed by atoms with Gasteiger partial charge in [0, 0.05) is 23.2 Å². The summed E-state index contributed by atoms with van der Waals surface area (Å²) in [5.74, 6) is 0.324. The second-order valence-corrected chi connectivity index (χ2v) is 17.9. The van der Waals surface area contributed by atoms with Crippen LogP contribution in [-0.2, 0) is 19.1 Å². The lowest BCUT2D eigenvalue weighted by Gasteiger charge is -2.69. The maximum absolute atomic E-state index is 14.7. The molecule has 7 atom stereocenters. The molecule has 0 radical (unpaired) electrons. The number of fused-ring (bicyclic) bond motifs is 7. The molecule has 0 bridgehead atoms. The number of hydrogen-bond acceptors (Lipinski definition) is 5. The number of esters is 1. The summed E-state index contributed by atoms with van der Waals surface area (Å²) < 4.78 is 5.97. The van der Waals surface area contributed by atoms with Crippen LogP contribution in [0, 0.1) is 61.6 Å². The number of hydrogen-bond donors (Lipinski definition) is 0. The highest BCUT2D eigenvalue weighted by Gasteiger charge is 2.69. The Bertz CT molecular complexity index is 1360. The Labute approximate surface area is 265 Å². The molecule has 0 aromatic heterocycles. The van der Waals surface area contributed by atoms with Crippen LogP contribution < -0.4 is 0 Å². The number of nitriles is 1. The van der Waals surface area contributed by atoms with Crippen LogP contribution in [0.15, 0.2) is 23.3 Å². The van der Waals surface area contributed by atoms with Crippen molar-refractivity contribution in [3.63, 3.8) is 0 Å². The molecule has 6 rings (SSSR count). The third-order valence-electron chi connectivity index (χ3n) is 14.7. The zero-order valence-corrected chi connectivity index (χ0v) is 28.4. The normalized spacial score (nSPS) is 42.8. The Morgan fingerprint density at radius 3 is 2.30 bits per heavy atom. The fourth-order valence-electron chi connectivity index (χ4n) is 12.0. The lowest BCUT2D eigenvalue weighted by atomic mass is 9.34. The smallest absolute Gasteiger partial charge is 0.306 e. The number of Topliss-reactive ketones (excluding diaryl/α,β-unsaturated/α-hetero) is 1. The fraction of sp³-hybridized carbons (Fsp3) is 0.795. The van der Waals surface area contributed by atoms with Crippen molar-refractivity contribution in [3.8, 4) is 6.07 Å². The molecule has 6 aliphatic rings. The lowest BCUT2D eigenvalue weighted by Crippen LogP contribution is -2.64. The first-order valence-electron chi connectivity index (χ1n) is 17.7. The van der Waals surface area contributed by atoms with Gasteiger partial charge in [-0.05, 0) is 117 Å². The number of carbonyl (C=O) groups is 3. The SMILES string of the molecule is CC1(C)CC[C@]2(CCC(=O)OC3CCCCC3)CC[C@]3(C)C(C(=O)C=C4[C@@]5(C)C=C(C#N)C(=O)C(C)(C)[C@@H]5CC[C@]43C)C2C1. The van der Waals surface area contributed by atoms with Crippen LogP contribution in [-0.4, -0.2) is 23.6 Å². The molecule has 5 heteroatoms. The summed E-state index contributed by atoms with van der Waals surface area (Å²) in [4.78, 5) is 41.2. The van der Waals surface area contributed by atoms with Gasteiger partial charge in [-0.15, -0.1) is 0 Å². The van der Waals surface area contributed by atoms with E-state index in [1.54, 1.807) is 0 Å². The van der Waals surface area contributed by atoms with Gasteiger partial charge in [0.1, 0.15) is 12.2 Å². The summed E-state index contributed by atoms with van der Waals surface area (Å²) in [6, 6.07) is 2.21. The van der Waals surface area contributed by atoms with Gasteiger partial charge in [-0.1, -0.05) is 66.5 Å². The molecule has 5 nitrogen and oxygen atoms in total. The minimum Gasteiger partial charge on any atom is -0.462 e. The molecule has 0 heterocycles. The quantitative estimate of drug-likeness (QED) is 0.301. The van der Waals surface area contributed by atoms with Crippen LogP contribution in [0.1, 0.15) is 138 Å². The maximum atomic E-state index is 14.7. The third kappa shape index (κ3) is 4.54. The molecule has 2 unspecified atom stereocenters. The molecule has 0 aromatic rings. The van der Waals surface area contributed by atoms with E-state index in [1.807, 2.05) is 26.0 Å². The molecule has 0 aromatic carbocycles. The number of ketones is 2. The highest BCUT2D eigenvalue weighted by Crippen LogP contribution is 2.75. The molecular formula is C39H55NO4. The second-order valence-electron chi connectivity index (χ2n) is 17.9. The Morgan fingerprint density at radius 2 is 1.61 bits per heavy atom. The first kappa shape index (κ1) is 31.7. The minimum atomic E-state index is -0.654. The Hall–Kier alpha value is -2.22. The Kier molecular flexibility index (Phi) is 7.50. The first-order valence-corrected chi connectivity index (χ1v) is 17.7. The highest BCUT2D eigenvalue weighted by molar-refractivity contribution is 6.04. The summed E-state index contributed by atoms with van der Waals surface area (Å²) in [5.41, 5.74) is -0.0658. The summed E-state index contributed by atoms with van der Waals surface area (Å²) in [5, 5.41) is 9.98. The van der Waals surface area contributed by atoms with Crippen LogP contribution in [0.5, 0.6) is 0 Å². The standard InChI is InChI=1S/C39H55NO4/c1-34(2)17-19-39(16-14-31(42)44-26-11-9-8-10-12-26)20-18-38(7)32(27(39)23-34)28(41)21-30-36(5)22-25(24-40)33(43)35(3,4)29(36)13-15-37(30,38)6/h21-22,26-27,29,32H,8-20,23H2,1-7H3/t27?,29-,32?,36-,37+,38+,39+/m0/s1. The van der Waals surface area contributed by atoms with E-state index in [0.717, 1.165) is 82.6 Å². The average Bonchev–Trinajstić information content (AvgIpc) is 2.96. The molecule has 0 spiro atoms. The van der Waals surface area contributed by atoms with Crippen molar-refractivity contribution in [1.29, 1.82) is 5.26 Å². The van der Waals surface area contributed by atoms with Gasteiger partial charge in [-0.25, -0.2) is 0 Å². The zero-order chi connectivity index (χ0) is 31.9. The summed E-state index contributed by atoms with van der Waals surface area (Å²) in [6.07, 6.45) is 17.9. The van der Waals surface area contributed by atoms with Gasteiger partial charge in [-0.3, -0.25) is 14.4 Å². The van der Waals surface area contributed by atoms with Crippen molar-refractivity contribution in [2.24, 2.45) is 50.2 Å². The van der Waals surface area contributed by atoms with Crippen LogP contribution in [0.25, 0.3) is 0 Å². The summed E-state index contributed by atoms with van der Waals surface area (Å²) in [7, 11) is 0. The monoisotopic (exact) mass is 601 g/mol. The minimum absolute atomic E-state index is 0.0170. The number of allylic oxidation sites excluding steroid dienone is 4. The topological polar surface area (TPSA) is 84.2 Å². The Morgan fingerprint density at radius 1 is 0.932 bits per heavy atom. The Balaban J connectivity index is 1.36. The maximum Gasteiger partial charge on any atom is 0.306 e. The number of carbonyl (C=O) groups excluding carboxylic acids is 3. The molecule has 0 aliphatic heterocycles. The van der Waals surface area contributed by atoms with E-state index in [9.17, 15) is 19.6 Å². The van der Waals surface area contributed by atoms with Gasteiger partial charge < -0.3 is 4.74 Å². The van der Waals surface area contributed by atoms with Crippen LogP contribution in [0.2, 0.25) is 0 Å². The van der Waals surface area contributed by atoms with Gasteiger partial charge in [0.15, 0.2) is 11.6 Å². The lowest BCUT2D eigenvalue weighted by molar-refractivity contribution is -0.174. The van der Waals surface area contributed by atoms with E-state index >= 15 is 0 Å². The van der Waals surface area contributed by atoms with Gasteiger partial charge in [0.2, 0.25) is 0 Å². The van der Waals surface area contributed by atoms with Gasteiger partial charge in [0.05, 0.1) is 5.57 Å². The summed E-state index contributed by atoms with van der Waals surface area (Å²) in [6.45, 7) is 15.7.